The van der Waals surface area contributed by atoms with Crippen LogP contribution in [0.5, 0.6) is 0 Å². The number of nitrogens with zero attached hydrogens (tertiary/aromatic N) is 1. The maximum atomic E-state index is 12.6. The number of ether oxygens (including phenoxy) is 2. The average Bonchev–Trinajstić information content (AvgIpc) is 3.20. The highest BCUT2D eigenvalue weighted by atomic mass is 16.7. The minimum Gasteiger partial charge on any atom is -0.352 e. The lowest BCUT2D eigenvalue weighted by atomic mass is 10.0. The van der Waals surface area contributed by atoms with Gasteiger partial charge in [0.05, 0.1) is 19.3 Å². The zero-order chi connectivity index (χ0) is 17.5. The Labute approximate surface area is 148 Å². The molecule has 2 saturated heterocycles. The lowest BCUT2D eigenvalue weighted by Crippen LogP contribution is -2.50. The van der Waals surface area contributed by atoms with Crippen molar-refractivity contribution in [1.82, 2.24) is 10.2 Å². The summed E-state index contributed by atoms with van der Waals surface area (Å²) >= 11 is 0. The third-order valence-electron chi connectivity index (χ3n) is 4.72. The topological polar surface area (TPSA) is 67.9 Å². The molecule has 0 spiro atoms. The molecule has 0 bridgehead atoms. The summed E-state index contributed by atoms with van der Waals surface area (Å²) in [7, 11) is 0. The van der Waals surface area contributed by atoms with Crippen LogP contribution in [0.2, 0.25) is 0 Å². The number of hydrogen-bond acceptors (Lipinski definition) is 4. The Hall–Kier alpha value is -1.92. The van der Waals surface area contributed by atoms with Gasteiger partial charge in [-0.15, -0.1) is 0 Å². The van der Waals surface area contributed by atoms with Crippen LogP contribution in [0.1, 0.15) is 42.5 Å². The Morgan fingerprint density at radius 3 is 2.64 bits per heavy atom. The van der Waals surface area contributed by atoms with Gasteiger partial charge in [-0.2, -0.15) is 0 Å². The average molecular weight is 346 g/mol. The number of nitrogens with one attached hydrogen (secondary N) is 1. The van der Waals surface area contributed by atoms with E-state index in [-0.39, 0.29) is 24.1 Å². The highest BCUT2D eigenvalue weighted by Gasteiger charge is 2.35. The fourth-order valence-corrected chi connectivity index (χ4v) is 3.43. The summed E-state index contributed by atoms with van der Waals surface area (Å²) in [5.74, 6) is 0.0226. The van der Waals surface area contributed by atoms with E-state index < -0.39 is 0 Å². The van der Waals surface area contributed by atoms with Crippen molar-refractivity contribution in [2.45, 2.75) is 44.4 Å². The number of amides is 2. The molecule has 1 atom stereocenters. The van der Waals surface area contributed by atoms with E-state index in [2.05, 4.69) is 5.32 Å². The molecule has 2 heterocycles. The predicted molar refractivity (Wildman–Crippen MR) is 93.1 cm³/mol. The molecule has 0 radical (unpaired) electrons. The number of hydrogen-bond donors (Lipinski definition) is 1. The van der Waals surface area contributed by atoms with Crippen molar-refractivity contribution >= 4 is 11.8 Å². The summed E-state index contributed by atoms with van der Waals surface area (Å²) in [6.07, 6.45) is 3.85. The van der Waals surface area contributed by atoms with E-state index >= 15 is 0 Å². The van der Waals surface area contributed by atoms with Crippen LogP contribution in [-0.2, 0) is 14.3 Å². The van der Waals surface area contributed by atoms with Gasteiger partial charge in [-0.1, -0.05) is 18.2 Å². The molecule has 1 aromatic rings. The maximum Gasteiger partial charge on any atom is 0.251 e. The predicted octanol–water partition coefficient (Wildman–Crippen LogP) is 1.95. The van der Waals surface area contributed by atoms with Gasteiger partial charge < -0.3 is 19.7 Å². The van der Waals surface area contributed by atoms with Gasteiger partial charge in [0, 0.05) is 25.1 Å². The molecule has 0 saturated carbocycles. The number of likely N-dealkylation sites (tertiary alicyclic amines) is 1. The number of piperidine rings is 1. The van der Waals surface area contributed by atoms with Gasteiger partial charge in [0.15, 0.2) is 6.29 Å². The number of rotatable bonds is 6. The van der Waals surface area contributed by atoms with E-state index in [0.29, 0.717) is 38.2 Å². The van der Waals surface area contributed by atoms with E-state index in [1.165, 1.54) is 0 Å². The van der Waals surface area contributed by atoms with Crippen molar-refractivity contribution < 1.29 is 19.1 Å². The molecular formula is C19H26N2O4. The largest absolute Gasteiger partial charge is 0.352 e. The summed E-state index contributed by atoms with van der Waals surface area (Å²) in [6.45, 7) is 2.47. The Morgan fingerprint density at radius 1 is 1.12 bits per heavy atom. The van der Waals surface area contributed by atoms with Crippen LogP contribution in [0.25, 0.3) is 0 Å². The third kappa shape index (κ3) is 4.80. The summed E-state index contributed by atoms with van der Waals surface area (Å²) in [6, 6.07) is 9.13. The summed E-state index contributed by atoms with van der Waals surface area (Å²) in [5, 5.41) is 2.86. The summed E-state index contributed by atoms with van der Waals surface area (Å²) in [4.78, 5) is 26.5. The summed E-state index contributed by atoms with van der Waals surface area (Å²) < 4.78 is 11.2. The van der Waals surface area contributed by atoms with E-state index in [1.54, 1.807) is 12.1 Å². The van der Waals surface area contributed by atoms with Crippen molar-refractivity contribution in [2.24, 2.45) is 0 Å². The van der Waals surface area contributed by atoms with Crippen LogP contribution < -0.4 is 5.32 Å². The minimum absolute atomic E-state index is 0.0302. The zero-order valence-electron chi connectivity index (χ0n) is 14.5. The Kier molecular flexibility index (Phi) is 6.42. The molecule has 1 N–H and O–H groups in total. The first-order chi connectivity index (χ1) is 12.3. The fraction of sp³-hybridized carbons (Fsp3) is 0.579. The van der Waals surface area contributed by atoms with Gasteiger partial charge in [-0.3, -0.25) is 9.59 Å². The molecule has 136 valence electrons. The van der Waals surface area contributed by atoms with Gasteiger partial charge in [-0.05, 0) is 37.8 Å². The van der Waals surface area contributed by atoms with Crippen LogP contribution in [0.15, 0.2) is 30.3 Å². The number of carbonyl (C=O) groups excluding carboxylic acids is 2. The van der Waals surface area contributed by atoms with Gasteiger partial charge in [0.1, 0.15) is 0 Å². The molecule has 25 heavy (non-hydrogen) atoms. The fourth-order valence-electron chi connectivity index (χ4n) is 3.43. The Bertz CT molecular complexity index is 572. The van der Waals surface area contributed by atoms with Crippen molar-refractivity contribution in [3.63, 3.8) is 0 Å². The SMILES string of the molecule is O=C(NCCCC(=O)N1CCCCC1C1OCCO1)c1ccccc1. The molecule has 0 aromatic heterocycles. The van der Waals surface area contributed by atoms with Gasteiger partial charge in [0.2, 0.25) is 5.91 Å². The van der Waals surface area contributed by atoms with E-state index in [4.69, 9.17) is 9.47 Å². The van der Waals surface area contributed by atoms with Gasteiger partial charge in [-0.25, -0.2) is 0 Å². The first-order valence-corrected chi connectivity index (χ1v) is 9.11. The quantitative estimate of drug-likeness (QED) is 0.800. The second kappa shape index (κ2) is 8.97. The van der Waals surface area contributed by atoms with Gasteiger partial charge in [0.25, 0.3) is 5.91 Å². The van der Waals surface area contributed by atoms with Crippen LogP contribution in [0.4, 0.5) is 0 Å². The first kappa shape index (κ1) is 17.9. The molecule has 2 fully saturated rings. The van der Waals surface area contributed by atoms with Gasteiger partial charge >= 0.3 is 0 Å². The monoisotopic (exact) mass is 346 g/mol. The van der Waals surface area contributed by atoms with Crippen LogP contribution in [0, 0.1) is 0 Å². The van der Waals surface area contributed by atoms with Crippen molar-refractivity contribution in [3.8, 4) is 0 Å². The molecule has 6 heteroatoms. The third-order valence-corrected chi connectivity index (χ3v) is 4.72. The molecule has 3 rings (SSSR count). The Balaban J connectivity index is 1.42. The number of benzene rings is 1. The Morgan fingerprint density at radius 2 is 1.88 bits per heavy atom. The van der Waals surface area contributed by atoms with E-state index in [1.807, 2.05) is 23.1 Å². The molecule has 2 aliphatic heterocycles. The van der Waals surface area contributed by atoms with Crippen molar-refractivity contribution in [3.05, 3.63) is 35.9 Å². The van der Waals surface area contributed by atoms with E-state index in [9.17, 15) is 9.59 Å². The van der Waals surface area contributed by atoms with Crippen molar-refractivity contribution in [2.75, 3.05) is 26.3 Å². The van der Waals surface area contributed by atoms with Crippen LogP contribution >= 0.6 is 0 Å². The minimum atomic E-state index is -0.276. The lowest BCUT2D eigenvalue weighted by Gasteiger charge is -2.38. The highest BCUT2D eigenvalue weighted by Crippen LogP contribution is 2.25. The first-order valence-electron chi connectivity index (χ1n) is 9.11. The van der Waals surface area contributed by atoms with E-state index in [0.717, 1.165) is 25.8 Å². The smallest absolute Gasteiger partial charge is 0.251 e. The molecule has 6 nitrogen and oxygen atoms in total. The molecular weight excluding hydrogens is 320 g/mol. The number of carbonyl (C=O) groups is 2. The van der Waals surface area contributed by atoms with Crippen molar-refractivity contribution in [1.29, 1.82) is 0 Å². The molecule has 1 unspecified atom stereocenters. The molecule has 1 aromatic carbocycles. The second-order valence-corrected chi connectivity index (χ2v) is 6.49. The second-order valence-electron chi connectivity index (χ2n) is 6.49. The zero-order valence-corrected chi connectivity index (χ0v) is 14.5. The molecule has 2 amide bonds. The van der Waals surface area contributed by atoms with Crippen LogP contribution in [-0.4, -0.2) is 55.3 Å². The lowest BCUT2D eigenvalue weighted by molar-refractivity contribution is -0.150. The maximum absolute atomic E-state index is 12.6. The standard InChI is InChI=1S/C19H26N2O4/c22-17(10-6-11-20-18(23)15-7-2-1-3-8-15)21-12-5-4-9-16(21)19-24-13-14-25-19/h1-3,7-8,16,19H,4-6,9-14H2,(H,20,23). The normalized spacial score (nSPS) is 21.3. The van der Waals surface area contributed by atoms with Crippen LogP contribution in [0.3, 0.4) is 0 Å². The summed E-state index contributed by atoms with van der Waals surface area (Å²) in [5.41, 5.74) is 0.639. The molecule has 2 aliphatic rings. The molecule has 0 aliphatic carbocycles. The highest BCUT2D eigenvalue weighted by molar-refractivity contribution is 5.94.